The molecule has 3 N–H and O–H groups in total. The fourth-order valence-electron chi connectivity index (χ4n) is 10.5. The molecule has 86 heavy (non-hydrogen) atoms. The van der Waals surface area contributed by atoms with Crippen LogP contribution >= 0.6 is 0 Å². The molecule has 424 valence electrons. The topological polar surface area (TPSA) is 246 Å². The summed E-state index contributed by atoms with van der Waals surface area (Å²) in [6.45, 7) is 7.19. The summed E-state index contributed by atoms with van der Waals surface area (Å²) >= 11 is 0. The van der Waals surface area contributed by atoms with E-state index >= 15 is 0 Å². The fourth-order valence-corrected chi connectivity index (χ4v) is 10.5. The number of fused-ring (bicyclic) bond motifs is 15. The number of aromatic nitrogens is 5. The largest absolute Gasteiger partial charge is 0.489 e. The molecule has 5 aromatic heterocycles. The van der Waals surface area contributed by atoms with Crippen LogP contribution in [0.4, 0.5) is 5.69 Å². The van der Waals surface area contributed by atoms with Crippen LogP contribution in [-0.4, -0.2) is 98.7 Å². The lowest BCUT2D eigenvalue weighted by molar-refractivity contribution is 0.0982. The normalized spacial score (nSPS) is 14.0. The highest BCUT2D eigenvalue weighted by molar-refractivity contribution is 6.11. The Morgan fingerprint density at radius 2 is 0.791 bits per heavy atom. The maximum absolute atomic E-state index is 11.9. The monoisotopic (exact) mass is 1140 g/mol. The van der Waals surface area contributed by atoms with E-state index < -0.39 is 0 Å². The minimum absolute atomic E-state index is 0.00761. The predicted octanol–water partition coefficient (Wildman–Crippen LogP) is 10.9. The smallest absolute Gasteiger partial charge is 0.187 e. The predicted molar refractivity (Wildman–Crippen MR) is 329 cm³/mol. The van der Waals surface area contributed by atoms with E-state index in [1.165, 1.54) is 0 Å². The minimum atomic E-state index is -0.149. The van der Waals surface area contributed by atoms with E-state index in [2.05, 4.69) is 30.4 Å². The molecule has 0 fully saturated rings. The van der Waals surface area contributed by atoms with Gasteiger partial charge < -0.3 is 20.1 Å². The van der Waals surface area contributed by atoms with Gasteiger partial charge in [-0.2, -0.15) is 25.5 Å². The van der Waals surface area contributed by atoms with Crippen LogP contribution in [0.2, 0.25) is 0 Å². The summed E-state index contributed by atoms with van der Waals surface area (Å²) in [7, 11) is 0. The third-order valence-corrected chi connectivity index (χ3v) is 14.8. The van der Waals surface area contributed by atoms with Crippen LogP contribution in [0.1, 0.15) is 107 Å². The second-order valence-electron chi connectivity index (χ2n) is 20.3. The highest BCUT2D eigenvalue weighted by Crippen LogP contribution is 2.31. The first-order chi connectivity index (χ1) is 42.0. The molecule has 0 aliphatic carbocycles. The lowest BCUT2D eigenvalue weighted by atomic mass is 10.1. The maximum atomic E-state index is 11.9. The van der Waals surface area contributed by atoms with Crippen molar-refractivity contribution in [2.45, 2.75) is 58.5 Å². The van der Waals surface area contributed by atoms with Crippen LogP contribution in [0.3, 0.4) is 0 Å². The van der Waals surface area contributed by atoms with Crippen LogP contribution in [-0.2, 0) is 26.4 Å². The van der Waals surface area contributed by atoms with E-state index in [1.807, 2.05) is 115 Å². The van der Waals surface area contributed by atoms with Gasteiger partial charge >= 0.3 is 0 Å². The Morgan fingerprint density at radius 1 is 0.384 bits per heavy atom. The van der Waals surface area contributed by atoms with Crippen molar-refractivity contribution in [2.75, 3.05) is 0 Å². The number of carbonyl (C=O) groups is 5. The van der Waals surface area contributed by atoms with E-state index in [1.54, 1.807) is 90.9 Å². The van der Waals surface area contributed by atoms with Crippen molar-refractivity contribution in [3.8, 4) is 5.75 Å². The van der Waals surface area contributed by atoms with Crippen LogP contribution in [0.25, 0.3) is 59.4 Å². The molecular formula is C66H51N11O9. The van der Waals surface area contributed by atoms with E-state index in [9.17, 15) is 34.2 Å². The van der Waals surface area contributed by atoms with E-state index in [0.29, 0.717) is 84.0 Å². The van der Waals surface area contributed by atoms with Crippen molar-refractivity contribution < 1.29 is 44.0 Å². The summed E-state index contributed by atoms with van der Waals surface area (Å²) in [6.07, 6.45) is 9.92. The number of hydrogen-bond acceptors (Lipinski definition) is 14. The van der Waals surface area contributed by atoms with Gasteiger partial charge in [0.2, 0.25) is 0 Å². The van der Waals surface area contributed by atoms with Crippen LogP contribution in [0.15, 0.2) is 177 Å². The first kappa shape index (κ1) is 55.4. The Kier molecular flexibility index (Phi) is 15.5. The third-order valence-electron chi connectivity index (χ3n) is 14.8. The first-order valence-electron chi connectivity index (χ1n) is 27.4. The number of carbonyl (C=O) groups excluding carboxylic acids is 5. The number of ketones is 5. The standard InChI is InChI=1S/C18H14N2O2.C13H12N2O3.C12H7N3O.C12H10N2O2.C11H8N2O/c21-18-8-9-19-20-16-7-6-15(10-14(16)11-17(18)20)22-12-13-4-2-1-3-5-13;16-6-9-3-8-4-12-13(18)1-2-14-15(12)11(8)5-10(9)7-17;1-13-9-2-3-10-8(6-9)7-11-12(16)4-5-14-15(10)11;15-7-8-1-2-10-9(5-8)6-11-12(16)3-4-13-14(10)11;14-11-5-6-12-13-9-4-2-1-3-8(9)7-10(11)13/h1-7,9-11H,8,12H2;2-5,16-17H,1,6-7H2;2-3,5-7H,4H2;1-2,4-6,15H,3,7H2;1-4,6-7H,5H2. The van der Waals surface area contributed by atoms with Gasteiger partial charge in [-0.05, 0) is 119 Å². The van der Waals surface area contributed by atoms with E-state index in [4.69, 9.17) is 16.4 Å². The molecule has 0 spiro atoms. The van der Waals surface area contributed by atoms with Gasteiger partial charge in [-0.15, -0.1) is 0 Å². The summed E-state index contributed by atoms with van der Waals surface area (Å²) in [4.78, 5) is 61.9. The maximum Gasteiger partial charge on any atom is 0.187 e. The SMILES string of the molecule is O=C1CC=Nn2c1cc1cc(CO)c(CO)cc12.O=C1CC=Nn2c1cc1cc(CO)ccc12.O=C1CC=Nn2c1cc1cc(OCc3ccccc3)ccc12.O=C1CC=Nn2c1cc1ccccc12.[C-]#[N+]c1ccc2c(c1)cc1n2N=CCC1=O. The molecule has 5 aliphatic rings. The van der Waals surface area contributed by atoms with Crippen molar-refractivity contribution in [1.82, 2.24) is 23.4 Å². The average molecular weight is 1140 g/mol. The Labute approximate surface area is 489 Å². The summed E-state index contributed by atoms with van der Waals surface area (Å²) in [5, 5.41) is 53.3. The Bertz CT molecular complexity index is 4770. The number of rotatable bonds is 6. The summed E-state index contributed by atoms with van der Waals surface area (Å²) < 4.78 is 14.1. The first-order valence-corrected chi connectivity index (χ1v) is 27.4. The third kappa shape index (κ3) is 10.9. The van der Waals surface area contributed by atoms with Gasteiger partial charge in [0.1, 0.15) is 40.8 Å². The molecule has 0 radical (unpaired) electrons. The molecule has 0 amide bonds. The molecule has 0 atom stereocenters. The minimum Gasteiger partial charge on any atom is -0.489 e. The number of ether oxygens (including phenoxy) is 1. The van der Waals surface area contributed by atoms with Gasteiger partial charge in [-0.3, -0.25) is 24.0 Å². The Balaban J connectivity index is 0.000000106. The molecule has 20 heteroatoms. The summed E-state index contributed by atoms with van der Waals surface area (Å²) in [5.41, 5.74) is 11.4. The van der Waals surface area contributed by atoms with Crippen molar-refractivity contribution in [1.29, 1.82) is 0 Å². The number of hydrogen-bond donors (Lipinski definition) is 3. The number of benzene rings is 6. The van der Waals surface area contributed by atoms with Gasteiger partial charge in [-0.1, -0.05) is 60.7 Å². The Morgan fingerprint density at radius 3 is 1.29 bits per heavy atom. The fraction of sp³-hybridized carbons (Fsp3) is 0.136. The lowest BCUT2D eigenvalue weighted by Gasteiger charge is -2.09. The van der Waals surface area contributed by atoms with Gasteiger partial charge in [0, 0.05) is 84.7 Å². The lowest BCUT2D eigenvalue weighted by Crippen LogP contribution is -2.11. The zero-order chi connectivity index (χ0) is 59.4. The van der Waals surface area contributed by atoms with Crippen LogP contribution < -0.4 is 4.74 Å². The highest BCUT2D eigenvalue weighted by atomic mass is 16.5. The molecule has 10 heterocycles. The Hall–Kier alpha value is -11.1. The van der Waals surface area contributed by atoms with Crippen molar-refractivity contribution >= 4 is 120 Å². The molecule has 16 rings (SSSR count). The van der Waals surface area contributed by atoms with Crippen molar-refractivity contribution in [2.24, 2.45) is 25.5 Å². The second kappa shape index (κ2) is 24.0. The average Bonchev–Trinajstić information content (AvgIpc) is 3.64. The number of Topliss-reactive ketones (excluding diaryl/α,β-unsaturated/α-hetero) is 5. The number of para-hydroxylation sites is 1. The van der Waals surface area contributed by atoms with Crippen LogP contribution in [0.5, 0.6) is 5.75 Å². The molecule has 0 bridgehead atoms. The molecule has 0 saturated carbocycles. The molecule has 6 aromatic carbocycles. The second-order valence-corrected chi connectivity index (χ2v) is 20.3. The molecule has 5 aliphatic heterocycles. The van der Waals surface area contributed by atoms with Gasteiger partial charge in [0.15, 0.2) is 34.6 Å². The molecule has 11 aromatic rings. The number of aliphatic hydroxyl groups excluding tert-OH is 3. The van der Waals surface area contributed by atoms with E-state index in [-0.39, 0.29) is 48.7 Å². The zero-order valence-electron chi connectivity index (χ0n) is 45.9. The van der Waals surface area contributed by atoms with Gasteiger partial charge in [-0.25, -0.2) is 28.2 Å². The van der Waals surface area contributed by atoms with Crippen LogP contribution in [0, 0.1) is 6.57 Å². The van der Waals surface area contributed by atoms with Gasteiger partial charge in [0.25, 0.3) is 0 Å². The zero-order valence-corrected chi connectivity index (χ0v) is 45.9. The van der Waals surface area contributed by atoms with Gasteiger partial charge in [0.05, 0.1) is 54.0 Å². The quantitative estimate of drug-likeness (QED) is 0.134. The molecule has 0 saturated heterocycles. The summed E-state index contributed by atoms with van der Waals surface area (Å²) in [5.74, 6) is 1.19. The highest BCUT2D eigenvalue weighted by Gasteiger charge is 2.23. The van der Waals surface area contributed by atoms with Crippen molar-refractivity contribution in [3.05, 3.63) is 214 Å². The molecular weight excluding hydrogens is 1090 g/mol. The summed E-state index contributed by atoms with van der Waals surface area (Å²) in [6, 6.07) is 47.3. The van der Waals surface area contributed by atoms with E-state index in [0.717, 1.165) is 71.4 Å². The number of aliphatic hydroxyl groups is 3. The molecule has 20 nitrogen and oxygen atoms in total. The molecule has 0 unspecified atom stereocenters. The van der Waals surface area contributed by atoms with Crippen molar-refractivity contribution in [3.63, 3.8) is 0 Å². The number of nitrogens with zero attached hydrogens (tertiary/aromatic N) is 11.